The Labute approximate surface area is 163 Å². The number of imidazole rings is 2. The molecule has 0 radical (unpaired) electrons. The molecule has 148 valence electrons. The number of halogens is 2. The molecule has 10 heteroatoms. The lowest BCUT2D eigenvalue weighted by atomic mass is 10.1. The monoisotopic (exact) mass is 398 g/mol. The highest BCUT2D eigenvalue weighted by atomic mass is 19.2. The third kappa shape index (κ3) is 3.91. The predicted molar refractivity (Wildman–Crippen MR) is 98.6 cm³/mol. The lowest BCUT2D eigenvalue weighted by Gasteiger charge is -2.04. The van der Waals surface area contributed by atoms with Crippen LogP contribution in [0.25, 0.3) is 22.6 Å². The zero-order valence-corrected chi connectivity index (χ0v) is 15.1. The van der Waals surface area contributed by atoms with Gasteiger partial charge in [-0.15, -0.1) is 0 Å². The summed E-state index contributed by atoms with van der Waals surface area (Å²) in [6, 6.07) is 3.82. The maximum atomic E-state index is 14.1. The number of H-pyrrole nitrogens is 1. The second kappa shape index (κ2) is 8.05. The summed E-state index contributed by atoms with van der Waals surface area (Å²) in [6.45, 7) is 1.18. The fourth-order valence-electron chi connectivity index (χ4n) is 2.85. The molecule has 0 aliphatic rings. The van der Waals surface area contributed by atoms with Crippen LogP contribution in [-0.4, -0.2) is 37.1 Å². The zero-order valence-electron chi connectivity index (χ0n) is 15.1. The second-order valence-corrected chi connectivity index (χ2v) is 6.21. The van der Waals surface area contributed by atoms with Crippen molar-refractivity contribution in [3.05, 3.63) is 66.8 Å². The van der Waals surface area contributed by atoms with Gasteiger partial charge in [-0.2, -0.15) is 0 Å². The van der Waals surface area contributed by atoms with Crippen molar-refractivity contribution in [1.29, 1.82) is 0 Å². The van der Waals surface area contributed by atoms with Crippen molar-refractivity contribution in [3.63, 3.8) is 0 Å². The van der Waals surface area contributed by atoms with Crippen LogP contribution in [0.5, 0.6) is 0 Å². The Morgan fingerprint density at radius 1 is 1.28 bits per heavy atom. The molecule has 29 heavy (non-hydrogen) atoms. The summed E-state index contributed by atoms with van der Waals surface area (Å²) in [6.07, 6.45) is 8.69. The first-order chi connectivity index (χ1) is 14.1. The third-order valence-electron chi connectivity index (χ3n) is 4.28. The van der Waals surface area contributed by atoms with Gasteiger partial charge in [0.05, 0.1) is 18.1 Å². The molecule has 4 rings (SSSR count). The van der Waals surface area contributed by atoms with Gasteiger partial charge < -0.3 is 19.4 Å². The number of benzene rings is 1. The smallest absolute Gasteiger partial charge is 0.287 e. The molecule has 0 saturated heterocycles. The number of hydrogen-bond donors (Lipinski definition) is 2. The normalized spacial score (nSPS) is 11.0. The Morgan fingerprint density at radius 3 is 3.00 bits per heavy atom. The van der Waals surface area contributed by atoms with Gasteiger partial charge in [0.1, 0.15) is 5.69 Å². The number of aromatic amines is 1. The second-order valence-electron chi connectivity index (χ2n) is 6.21. The van der Waals surface area contributed by atoms with Crippen molar-refractivity contribution in [2.45, 2.75) is 13.0 Å². The Kier molecular flexibility index (Phi) is 5.14. The molecule has 0 aliphatic carbocycles. The summed E-state index contributed by atoms with van der Waals surface area (Å²) < 4.78 is 34.8. The van der Waals surface area contributed by atoms with Crippen LogP contribution in [0.15, 0.2) is 53.8 Å². The molecule has 0 spiro atoms. The average molecular weight is 398 g/mol. The topological polar surface area (TPSA) is 102 Å². The standard InChI is InChI=1S/C19H16F2N6O2/c20-14-4-1-3-12(16(14)21)13-9-25-29-17(13)15-10-24-18(26-15)19(28)23-5-2-7-27-8-6-22-11-27/h1,3-4,6,8-11H,2,5,7H2,(H,23,28)(H,24,26). The number of carbonyl (C=O) groups is 1. The van der Waals surface area contributed by atoms with E-state index < -0.39 is 11.6 Å². The van der Waals surface area contributed by atoms with E-state index in [1.54, 1.807) is 12.5 Å². The Morgan fingerprint density at radius 2 is 2.17 bits per heavy atom. The van der Waals surface area contributed by atoms with Crippen molar-refractivity contribution in [3.8, 4) is 22.6 Å². The van der Waals surface area contributed by atoms with Gasteiger partial charge in [-0.1, -0.05) is 17.3 Å². The molecule has 1 amide bonds. The first kappa shape index (κ1) is 18.5. The van der Waals surface area contributed by atoms with E-state index in [1.807, 2.05) is 10.8 Å². The highest BCUT2D eigenvalue weighted by Crippen LogP contribution is 2.33. The summed E-state index contributed by atoms with van der Waals surface area (Å²) in [4.78, 5) is 23.2. The van der Waals surface area contributed by atoms with E-state index in [4.69, 9.17) is 4.52 Å². The van der Waals surface area contributed by atoms with Gasteiger partial charge in [0.15, 0.2) is 23.2 Å². The van der Waals surface area contributed by atoms with Crippen molar-refractivity contribution < 1.29 is 18.1 Å². The van der Waals surface area contributed by atoms with E-state index in [0.717, 1.165) is 19.0 Å². The SMILES string of the molecule is O=C(NCCCn1ccnc1)c1nc(-c2oncc2-c2cccc(F)c2F)c[nH]1. The summed E-state index contributed by atoms with van der Waals surface area (Å²) in [5, 5.41) is 6.42. The zero-order chi connectivity index (χ0) is 20.2. The molecule has 0 aliphatic heterocycles. The Balaban J connectivity index is 1.45. The van der Waals surface area contributed by atoms with Crippen LogP contribution in [-0.2, 0) is 6.54 Å². The molecule has 1 aromatic carbocycles. The highest BCUT2D eigenvalue weighted by Gasteiger charge is 2.21. The largest absolute Gasteiger partial charge is 0.354 e. The molecule has 0 unspecified atom stereocenters. The molecule has 0 atom stereocenters. The van der Waals surface area contributed by atoms with Gasteiger partial charge in [0.25, 0.3) is 5.91 Å². The van der Waals surface area contributed by atoms with Crippen LogP contribution in [0.4, 0.5) is 8.78 Å². The van der Waals surface area contributed by atoms with Gasteiger partial charge in [0.2, 0.25) is 0 Å². The number of hydrogen-bond acceptors (Lipinski definition) is 5. The van der Waals surface area contributed by atoms with Crippen LogP contribution >= 0.6 is 0 Å². The number of amides is 1. The Bertz CT molecular complexity index is 1120. The number of carbonyl (C=O) groups excluding carboxylic acids is 1. The minimum atomic E-state index is -1.01. The summed E-state index contributed by atoms with van der Waals surface area (Å²) in [7, 11) is 0. The van der Waals surface area contributed by atoms with Crippen molar-refractivity contribution >= 4 is 5.91 Å². The van der Waals surface area contributed by atoms with Gasteiger partial charge in [-0.25, -0.2) is 18.7 Å². The van der Waals surface area contributed by atoms with Gasteiger partial charge in [-0.05, 0) is 12.5 Å². The summed E-state index contributed by atoms with van der Waals surface area (Å²) >= 11 is 0. The highest BCUT2D eigenvalue weighted by molar-refractivity contribution is 5.91. The van der Waals surface area contributed by atoms with Crippen molar-refractivity contribution in [2.75, 3.05) is 6.54 Å². The van der Waals surface area contributed by atoms with E-state index in [2.05, 4.69) is 25.4 Å². The molecule has 3 aromatic heterocycles. The molecule has 3 heterocycles. The van der Waals surface area contributed by atoms with E-state index in [1.165, 1.54) is 24.5 Å². The van der Waals surface area contributed by atoms with E-state index >= 15 is 0 Å². The van der Waals surface area contributed by atoms with Crippen LogP contribution < -0.4 is 5.32 Å². The molecule has 0 fully saturated rings. The molecular formula is C19H16F2N6O2. The van der Waals surface area contributed by atoms with Crippen molar-refractivity contribution in [2.24, 2.45) is 0 Å². The summed E-state index contributed by atoms with van der Waals surface area (Å²) in [5.41, 5.74) is 0.486. The minimum absolute atomic E-state index is 0.00486. The maximum Gasteiger partial charge on any atom is 0.287 e. The first-order valence-electron chi connectivity index (χ1n) is 8.82. The molecular weight excluding hydrogens is 382 g/mol. The molecule has 0 bridgehead atoms. The van der Waals surface area contributed by atoms with Crippen LogP contribution in [0.3, 0.4) is 0 Å². The maximum absolute atomic E-state index is 14.1. The van der Waals surface area contributed by atoms with Gasteiger partial charge >= 0.3 is 0 Å². The fourth-order valence-corrected chi connectivity index (χ4v) is 2.85. The first-order valence-corrected chi connectivity index (χ1v) is 8.82. The van der Waals surface area contributed by atoms with Crippen LogP contribution in [0.1, 0.15) is 17.0 Å². The molecule has 2 N–H and O–H groups in total. The molecule has 4 aromatic rings. The molecule has 0 saturated carbocycles. The minimum Gasteiger partial charge on any atom is -0.354 e. The van der Waals surface area contributed by atoms with Crippen LogP contribution in [0, 0.1) is 11.6 Å². The fraction of sp³-hybridized carbons (Fsp3) is 0.158. The predicted octanol–water partition coefficient (Wildman–Crippen LogP) is 3.03. The lowest BCUT2D eigenvalue weighted by molar-refractivity contribution is 0.0943. The van der Waals surface area contributed by atoms with Gasteiger partial charge in [-0.3, -0.25) is 4.79 Å². The molecule has 8 nitrogen and oxygen atoms in total. The number of aromatic nitrogens is 5. The van der Waals surface area contributed by atoms with E-state index in [9.17, 15) is 13.6 Å². The number of nitrogens with zero attached hydrogens (tertiary/aromatic N) is 4. The quantitative estimate of drug-likeness (QED) is 0.466. The number of aryl methyl sites for hydroxylation is 1. The number of nitrogens with one attached hydrogen (secondary N) is 2. The lowest BCUT2D eigenvalue weighted by Crippen LogP contribution is -2.26. The average Bonchev–Trinajstić information content (AvgIpc) is 3.47. The van der Waals surface area contributed by atoms with E-state index in [-0.39, 0.29) is 34.3 Å². The van der Waals surface area contributed by atoms with Crippen LogP contribution in [0.2, 0.25) is 0 Å². The summed E-state index contributed by atoms with van der Waals surface area (Å²) in [5.74, 6) is -2.18. The van der Waals surface area contributed by atoms with Crippen molar-refractivity contribution in [1.82, 2.24) is 30.0 Å². The Hall–Kier alpha value is -3.82. The third-order valence-corrected chi connectivity index (χ3v) is 4.28. The number of rotatable bonds is 7. The van der Waals surface area contributed by atoms with Gasteiger partial charge in [0, 0.05) is 37.2 Å². The van der Waals surface area contributed by atoms with E-state index in [0.29, 0.717) is 6.54 Å².